The van der Waals surface area contributed by atoms with Crippen LogP contribution in [0.4, 0.5) is 5.95 Å². The summed E-state index contributed by atoms with van der Waals surface area (Å²) in [6, 6.07) is 9.64. The van der Waals surface area contributed by atoms with Crippen LogP contribution < -0.4 is 9.64 Å². The van der Waals surface area contributed by atoms with Gasteiger partial charge in [0, 0.05) is 68.2 Å². The number of benzene rings is 1. The normalized spacial score (nSPS) is 16.7. The lowest BCUT2D eigenvalue weighted by Crippen LogP contribution is -2.20. The lowest BCUT2D eigenvalue weighted by molar-refractivity contribution is 0.320. The Kier molecular flexibility index (Phi) is 6.50. The Balaban J connectivity index is 1.26. The Labute approximate surface area is 182 Å². The fourth-order valence-electron chi connectivity index (χ4n) is 3.69. The summed E-state index contributed by atoms with van der Waals surface area (Å²) in [4.78, 5) is 13.2. The first-order valence-electron chi connectivity index (χ1n) is 10.2. The predicted octanol–water partition coefficient (Wildman–Crippen LogP) is 3.53. The SMILES string of the molecule is CN(C)c1ncc(CN2CC[C@H](c3cc(CCOc4cccc(Cl)c4)[nH]n3)C2)cn1. The molecule has 2 aromatic heterocycles. The number of likely N-dealkylation sites (tertiary alicyclic amines) is 1. The van der Waals surface area contributed by atoms with E-state index in [1.165, 1.54) is 0 Å². The van der Waals surface area contributed by atoms with Gasteiger partial charge in [0.25, 0.3) is 0 Å². The molecule has 0 amide bonds. The minimum atomic E-state index is 0.450. The molecular weight excluding hydrogens is 400 g/mol. The van der Waals surface area contributed by atoms with Crippen molar-refractivity contribution in [1.82, 2.24) is 25.1 Å². The highest BCUT2D eigenvalue weighted by molar-refractivity contribution is 6.30. The average Bonchev–Trinajstić information content (AvgIpc) is 3.38. The monoisotopic (exact) mass is 426 g/mol. The van der Waals surface area contributed by atoms with Crippen molar-refractivity contribution in [3.63, 3.8) is 0 Å². The lowest BCUT2D eigenvalue weighted by Gasteiger charge is -2.16. The topological polar surface area (TPSA) is 70.2 Å². The molecule has 0 bridgehead atoms. The molecule has 1 N–H and O–H groups in total. The van der Waals surface area contributed by atoms with Crippen molar-refractivity contribution in [2.24, 2.45) is 0 Å². The van der Waals surface area contributed by atoms with E-state index in [1.54, 1.807) is 0 Å². The smallest absolute Gasteiger partial charge is 0.224 e. The van der Waals surface area contributed by atoms with Gasteiger partial charge < -0.3 is 9.64 Å². The highest BCUT2D eigenvalue weighted by Crippen LogP contribution is 2.27. The van der Waals surface area contributed by atoms with E-state index in [0.717, 1.165) is 61.1 Å². The summed E-state index contributed by atoms with van der Waals surface area (Å²) in [5.41, 5.74) is 3.37. The van der Waals surface area contributed by atoms with Gasteiger partial charge in [-0.25, -0.2) is 9.97 Å². The van der Waals surface area contributed by atoms with Gasteiger partial charge in [-0.1, -0.05) is 17.7 Å². The first kappa shape index (κ1) is 20.6. The van der Waals surface area contributed by atoms with Crippen LogP contribution in [0.2, 0.25) is 5.02 Å². The zero-order chi connectivity index (χ0) is 20.9. The summed E-state index contributed by atoms with van der Waals surface area (Å²) in [5.74, 6) is 1.98. The fourth-order valence-corrected chi connectivity index (χ4v) is 3.87. The second kappa shape index (κ2) is 9.45. The molecule has 1 aromatic carbocycles. The second-order valence-corrected chi connectivity index (χ2v) is 8.32. The van der Waals surface area contributed by atoms with Crippen LogP contribution in [0.3, 0.4) is 0 Å². The minimum absolute atomic E-state index is 0.450. The third kappa shape index (κ3) is 5.29. The summed E-state index contributed by atoms with van der Waals surface area (Å²) in [7, 11) is 3.89. The van der Waals surface area contributed by atoms with E-state index in [-0.39, 0.29) is 0 Å². The molecular formula is C22H27ClN6O. The van der Waals surface area contributed by atoms with Gasteiger partial charge in [-0.3, -0.25) is 10.00 Å². The number of H-pyrrole nitrogens is 1. The maximum absolute atomic E-state index is 5.99. The fraction of sp³-hybridized carbons (Fsp3) is 0.409. The summed E-state index contributed by atoms with van der Waals surface area (Å²) in [5, 5.41) is 8.40. The molecule has 1 atom stereocenters. The number of rotatable bonds is 8. The lowest BCUT2D eigenvalue weighted by atomic mass is 10.0. The molecule has 3 heterocycles. The van der Waals surface area contributed by atoms with Crippen LogP contribution in [0.1, 0.15) is 29.3 Å². The van der Waals surface area contributed by atoms with Crippen molar-refractivity contribution in [3.8, 4) is 5.75 Å². The van der Waals surface area contributed by atoms with Crippen molar-refractivity contribution < 1.29 is 4.74 Å². The van der Waals surface area contributed by atoms with Crippen molar-refractivity contribution >= 4 is 17.5 Å². The van der Waals surface area contributed by atoms with Crippen LogP contribution in [0.5, 0.6) is 5.75 Å². The molecule has 0 spiro atoms. The molecule has 1 saturated heterocycles. The van der Waals surface area contributed by atoms with Gasteiger partial charge in [0.2, 0.25) is 5.95 Å². The van der Waals surface area contributed by atoms with Gasteiger partial charge in [-0.05, 0) is 37.2 Å². The third-order valence-electron chi connectivity index (χ3n) is 5.28. The molecule has 1 fully saturated rings. The summed E-state index contributed by atoms with van der Waals surface area (Å²) in [6.07, 6.45) is 5.73. The quantitative estimate of drug-likeness (QED) is 0.594. The van der Waals surface area contributed by atoms with Gasteiger partial charge in [-0.15, -0.1) is 0 Å². The van der Waals surface area contributed by atoms with Gasteiger partial charge in [0.05, 0.1) is 12.3 Å². The van der Waals surface area contributed by atoms with Gasteiger partial charge in [0.15, 0.2) is 0 Å². The van der Waals surface area contributed by atoms with Crippen LogP contribution in [-0.2, 0) is 13.0 Å². The number of anilines is 1. The second-order valence-electron chi connectivity index (χ2n) is 7.88. The van der Waals surface area contributed by atoms with Gasteiger partial charge in [0.1, 0.15) is 5.75 Å². The predicted molar refractivity (Wildman–Crippen MR) is 118 cm³/mol. The molecule has 1 aliphatic heterocycles. The number of hydrogen-bond donors (Lipinski definition) is 1. The Morgan fingerprint density at radius 3 is 2.83 bits per heavy atom. The highest BCUT2D eigenvalue weighted by Gasteiger charge is 2.26. The van der Waals surface area contributed by atoms with E-state index in [0.29, 0.717) is 17.5 Å². The maximum atomic E-state index is 5.99. The number of aromatic nitrogens is 4. The summed E-state index contributed by atoms with van der Waals surface area (Å²) < 4.78 is 5.78. The summed E-state index contributed by atoms with van der Waals surface area (Å²) in [6.45, 7) is 3.51. The highest BCUT2D eigenvalue weighted by atomic mass is 35.5. The van der Waals surface area contributed by atoms with E-state index < -0.39 is 0 Å². The first-order valence-corrected chi connectivity index (χ1v) is 10.6. The van der Waals surface area contributed by atoms with Crippen molar-refractivity contribution in [2.45, 2.75) is 25.3 Å². The van der Waals surface area contributed by atoms with E-state index in [1.807, 2.05) is 55.7 Å². The van der Waals surface area contributed by atoms with Crippen LogP contribution in [-0.4, -0.2) is 58.9 Å². The van der Waals surface area contributed by atoms with Crippen LogP contribution >= 0.6 is 11.6 Å². The molecule has 0 aliphatic carbocycles. The zero-order valence-corrected chi connectivity index (χ0v) is 18.1. The molecule has 30 heavy (non-hydrogen) atoms. The molecule has 0 radical (unpaired) electrons. The summed E-state index contributed by atoms with van der Waals surface area (Å²) >= 11 is 5.99. The first-order chi connectivity index (χ1) is 14.6. The van der Waals surface area contributed by atoms with Crippen molar-refractivity contribution in [3.05, 3.63) is 64.7 Å². The largest absolute Gasteiger partial charge is 0.493 e. The number of ether oxygens (including phenoxy) is 1. The number of halogens is 1. The van der Waals surface area contributed by atoms with Gasteiger partial charge >= 0.3 is 0 Å². The van der Waals surface area contributed by atoms with E-state index in [4.69, 9.17) is 16.3 Å². The zero-order valence-electron chi connectivity index (χ0n) is 17.4. The van der Waals surface area contributed by atoms with Crippen molar-refractivity contribution in [2.75, 3.05) is 38.7 Å². The number of nitrogens with one attached hydrogen (secondary N) is 1. The van der Waals surface area contributed by atoms with E-state index in [2.05, 4.69) is 31.1 Å². The molecule has 7 nitrogen and oxygen atoms in total. The van der Waals surface area contributed by atoms with Gasteiger partial charge in [-0.2, -0.15) is 5.10 Å². The van der Waals surface area contributed by atoms with Crippen LogP contribution in [0.25, 0.3) is 0 Å². The van der Waals surface area contributed by atoms with E-state index in [9.17, 15) is 0 Å². The Morgan fingerprint density at radius 2 is 2.07 bits per heavy atom. The Morgan fingerprint density at radius 1 is 1.23 bits per heavy atom. The average molecular weight is 427 g/mol. The molecule has 4 rings (SSSR count). The molecule has 158 valence electrons. The van der Waals surface area contributed by atoms with Crippen LogP contribution in [0.15, 0.2) is 42.7 Å². The number of nitrogens with zero attached hydrogens (tertiary/aromatic N) is 5. The minimum Gasteiger partial charge on any atom is -0.493 e. The standard InChI is InChI=1S/C22H27ClN6O/c1-28(2)22-24-12-16(13-25-22)14-29-8-6-17(15-29)21-11-19(26-27-21)7-9-30-20-5-3-4-18(23)10-20/h3-5,10-13,17H,6-9,14-15H2,1-2H3,(H,26,27)/t17-/m0/s1. The van der Waals surface area contributed by atoms with E-state index >= 15 is 0 Å². The molecule has 1 aliphatic rings. The molecule has 8 heteroatoms. The molecule has 3 aromatic rings. The molecule has 0 saturated carbocycles. The van der Waals surface area contributed by atoms with Crippen LogP contribution in [0, 0.1) is 0 Å². The maximum Gasteiger partial charge on any atom is 0.224 e. The molecule has 0 unspecified atom stereocenters. The Hall–Kier alpha value is -2.64. The number of aromatic amines is 1. The third-order valence-corrected chi connectivity index (χ3v) is 5.51. The van der Waals surface area contributed by atoms with Crippen molar-refractivity contribution in [1.29, 1.82) is 0 Å². The number of hydrogen-bond acceptors (Lipinski definition) is 6. The Bertz CT molecular complexity index is 958.